The molecule has 0 fully saturated rings. The van der Waals surface area contributed by atoms with Gasteiger partial charge in [-0.2, -0.15) is 0 Å². The van der Waals surface area contributed by atoms with Gasteiger partial charge in [0.2, 0.25) is 0 Å². The average molecular weight is 284 g/mol. The first-order valence-electron chi connectivity index (χ1n) is 7.22. The number of nitrogens with one attached hydrogen (secondary N) is 1. The molecule has 1 aromatic heterocycles. The summed E-state index contributed by atoms with van der Waals surface area (Å²) in [7, 11) is 0. The highest BCUT2D eigenvalue weighted by Gasteiger charge is 2.17. The van der Waals surface area contributed by atoms with E-state index < -0.39 is 0 Å². The molecule has 0 saturated heterocycles. The van der Waals surface area contributed by atoms with E-state index in [4.69, 9.17) is 4.84 Å². The fourth-order valence-electron chi connectivity index (χ4n) is 2.58. The lowest BCUT2D eigenvalue weighted by Gasteiger charge is -2.12. The second-order valence-corrected chi connectivity index (χ2v) is 5.36. The summed E-state index contributed by atoms with van der Waals surface area (Å²) in [5.41, 5.74) is 3.35. The molecule has 0 aliphatic carbocycles. The SMILES string of the molecule is CC1=NOC(CNCc2cnc(C)n2-c2ccccc2)C1. The van der Waals surface area contributed by atoms with Crippen LogP contribution in [-0.2, 0) is 11.4 Å². The summed E-state index contributed by atoms with van der Waals surface area (Å²) in [6.07, 6.45) is 2.98. The number of nitrogens with zero attached hydrogens (tertiary/aromatic N) is 3. The van der Waals surface area contributed by atoms with Crippen molar-refractivity contribution in [1.82, 2.24) is 14.9 Å². The van der Waals surface area contributed by atoms with Gasteiger partial charge in [0.15, 0.2) is 0 Å². The molecule has 0 spiro atoms. The minimum Gasteiger partial charge on any atom is -0.391 e. The molecule has 1 aliphatic rings. The fraction of sp³-hybridized carbons (Fsp3) is 0.375. The average Bonchev–Trinajstić information content (AvgIpc) is 3.06. The van der Waals surface area contributed by atoms with E-state index in [-0.39, 0.29) is 6.10 Å². The quantitative estimate of drug-likeness (QED) is 0.917. The van der Waals surface area contributed by atoms with E-state index in [9.17, 15) is 0 Å². The smallest absolute Gasteiger partial charge is 0.145 e. The van der Waals surface area contributed by atoms with E-state index in [1.54, 1.807) is 0 Å². The molecule has 2 aromatic rings. The third-order valence-corrected chi connectivity index (χ3v) is 3.58. The molecular formula is C16H20N4O. The highest BCUT2D eigenvalue weighted by molar-refractivity contribution is 5.82. The first-order valence-corrected chi connectivity index (χ1v) is 7.22. The number of para-hydroxylation sites is 1. The Labute approximate surface area is 124 Å². The standard InChI is InChI=1S/C16H20N4O/c1-12-8-16(21-19-12)11-17-9-15-10-18-13(2)20(15)14-6-4-3-5-7-14/h3-7,10,16-17H,8-9,11H2,1-2H3. The predicted octanol–water partition coefficient (Wildman–Crippen LogP) is 2.44. The molecule has 5 heteroatoms. The molecule has 0 saturated carbocycles. The first kappa shape index (κ1) is 13.8. The van der Waals surface area contributed by atoms with Gasteiger partial charge in [-0.1, -0.05) is 23.4 Å². The van der Waals surface area contributed by atoms with Gasteiger partial charge in [-0.05, 0) is 26.0 Å². The van der Waals surface area contributed by atoms with Crippen LogP contribution in [0.4, 0.5) is 0 Å². The Morgan fingerprint density at radius 1 is 1.29 bits per heavy atom. The van der Waals surface area contributed by atoms with Gasteiger partial charge in [-0.3, -0.25) is 4.57 Å². The number of oxime groups is 1. The van der Waals surface area contributed by atoms with E-state index in [0.29, 0.717) is 0 Å². The van der Waals surface area contributed by atoms with E-state index in [0.717, 1.165) is 42.4 Å². The summed E-state index contributed by atoms with van der Waals surface area (Å²) in [5.74, 6) is 0.995. The van der Waals surface area contributed by atoms with Gasteiger partial charge in [0.1, 0.15) is 11.9 Å². The van der Waals surface area contributed by atoms with Crippen LogP contribution in [0.5, 0.6) is 0 Å². The second kappa shape index (κ2) is 6.10. The summed E-state index contributed by atoms with van der Waals surface area (Å²) >= 11 is 0. The van der Waals surface area contributed by atoms with Crippen molar-refractivity contribution in [3.8, 4) is 5.69 Å². The van der Waals surface area contributed by atoms with Crippen LogP contribution in [-0.4, -0.2) is 27.9 Å². The number of benzene rings is 1. The lowest BCUT2D eigenvalue weighted by Crippen LogP contribution is -2.27. The molecular weight excluding hydrogens is 264 g/mol. The van der Waals surface area contributed by atoms with Crippen LogP contribution in [0.25, 0.3) is 5.69 Å². The van der Waals surface area contributed by atoms with Gasteiger partial charge in [-0.25, -0.2) is 4.98 Å². The number of aromatic nitrogens is 2. The third kappa shape index (κ3) is 3.13. The third-order valence-electron chi connectivity index (χ3n) is 3.58. The molecule has 2 heterocycles. The Kier molecular flexibility index (Phi) is 4.01. The molecule has 0 radical (unpaired) electrons. The summed E-state index contributed by atoms with van der Waals surface area (Å²) in [6, 6.07) is 10.3. The second-order valence-electron chi connectivity index (χ2n) is 5.36. The minimum absolute atomic E-state index is 0.152. The van der Waals surface area contributed by atoms with Crippen molar-refractivity contribution in [3.63, 3.8) is 0 Å². The van der Waals surface area contributed by atoms with E-state index in [1.807, 2.05) is 38.2 Å². The lowest BCUT2D eigenvalue weighted by atomic mass is 10.2. The summed E-state index contributed by atoms with van der Waals surface area (Å²) in [4.78, 5) is 9.75. The predicted molar refractivity (Wildman–Crippen MR) is 82.6 cm³/mol. The highest BCUT2D eigenvalue weighted by atomic mass is 16.6. The number of imidazole rings is 1. The van der Waals surface area contributed by atoms with Crippen LogP contribution in [0, 0.1) is 6.92 Å². The van der Waals surface area contributed by atoms with Crippen LogP contribution in [0.1, 0.15) is 24.9 Å². The zero-order chi connectivity index (χ0) is 14.7. The molecule has 0 amide bonds. The normalized spacial score (nSPS) is 17.6. The van der Waals surface area contributed by atoms with Crippen LogP contribution < -0.4 is 5.32 Å². The van der Waals surface area contributed by atoms with Crippen molar-refractivity contribution >= 4 is 5.71 Å². The van der Waals surface area contributed by atoms with Crippen LogP contribution in [0.2, 0.25) is 0 Å². The van der Waals surface area contributed by atoms with E-state index >= 15 is 0 Å². The summed E-state index contributed by atoms with van der Waals surface area (Å²) in [6.45, 7) is 5.57. The van der Waals surface area contributed by atoms with E-state index in [2.05, 4.69) is 32.2 Å². The lowest BCUT2D eigenvalue weighted by molar-refractivity contribution is 0.0847. The molecule has 1 N–H and O–H groups in total. The van der Waals surface area contributed by atoms with Crippen molar-refractivity contribution < 1.29 is 4.84 Å². The molecule has 5 nitrogen and oxygen atoms in total. The maximum absolute atomic E-state index is 5.33. The zero-order valence-corrected chi connectivity index (χ0v) is 12.4. The van der Waals surface area contributed by atoms with Crippen molar-refractivity contribution in [2.24, 2.45) is 5.16 Å². The molecule has 1 aliphatic heterocycles. The summed E-state index contributed by atoms with van der Waals surface area (Å²) in [5, 5.41) is 7.40. The molecule has 3 rings (SSSR count). The summed E-state index contributed by atoms with van der Waals surface area (Å²) < 4.78 is 2.17. The molecule has 21 heavy (non-hydrogen) atoms. The maximum atomic E-state index is 5.33. The van der Waals surface area contributed by atoms with Gasteiger partial charge >= 0.3 is 0 Å². The first-order chi connectivity index (χ1) is 10.2. The molecule has 1 unspecified atom stereocenters. The van der Waals surface area contributed by atoms with E-state index in [1.165, 1.54) is 0 Å². The molecule has 110 valence electrons. The Bertz CT molecular complexity index is 633. The van der Waals surface area contributed by atoms with Gasteiger partial charge in [-0.15, -0.1) is 0 Å². The number of hydrogen-bond acceptors (Lipinski definition) is 4. The number of hydrogen-bond donors (Lipinski definition) is 1. The number of aryl methyl sites for hydroxylation is 1. The monoisotopic (exact) mass is 284 g/mol. The molecule has 1 aromatic carbocycles. The van der Waals surface area contributed by atoms with Gasteiger partial charge in [0, 0.05) is 25.2 Å². The van der Waals surface area contributed by atoms with Gasteiger partial charge in [0.05, 0.1) is 17.6 Å². The van der Waals surface area contributed by atoms with Gasteiger partial charge < -0.3 is 10.2 Å². The van der Waals surface area contributed by atoms with Crippen LogP contribution in [0.3, 0.4) is 0 Å². The Hall–Kier alpha value is -2.14. The van der Waals surface area contributed by atoms with Crippen molar-refractivity contribution in [1.29, 1.82) is 0 Å². The van der Waals surface area contributed by atoms with Crippen molar-refractivity contribution in [2.45, 2.75) is 32.9 Å². The largest absolute Gasteiger partial charge is 0.391 e. The Balaban J connectivity index is 1.64. The van der Waals surface area contributed by atoms with Crippen molar-refractivity contribution in [3.05, 3.63) is 48.0 Å². The van der Waals surface area contributed by atoms with Crippen LogP contribution in [0.15, 0.2) is 41.7 Å². The van der Waals surface area contributed by atoms with Crippen molar-refractivity contribution in [2.75, 3.05) is 6.54 Å². The van der Waals surface area contributed by atoms with Gasteiger partial charge in [0.25, 0.3) is 0 Å². The maximum Gasteiger partial charge on any atom is 0.145 e. The van der Waals surface area contributed by atoms with Crippen LogP contribution >= 0.6 is 0 Å². The fourth-order valence-corrected chi connectivity index (χ4v) is 2.58. The molecule has 0 bridgehead atoms. The Morgan fingerprint density at radius 2 is 2.10 bits per heavy atom. The highest BCUT2D eigenvalue weighted by Crippen LogP contribution is 2.14. The topological polar surface area (TPSA) is 51.4 Å². The minimum atomic E-state index is 0.152. The Morgan fingerprint density at radius 3 is 2.81 bits per heavy atom. The molecule has 1 atom stereocenters. The zero-order valence-electron chi connectivity index (χ0n) is 12.4. The number of rotatable bonds is 5.